The molecule has 0 spiro atoms. The number of alkyl halides is 2. The molecule has 0 unspecified atom stereocenters. The van der Waals surface area contributed by atoms with E-state index in [1.54, 1.807) is 6.20 Å². The van der Waals surface area contributed by atoms with Gasteiger partial charge in [0.15, 0.2) is 10.6 Å². The summed E-state index contributed by atoms with van der Waals surface area (Å²) in [4.78, 5) is 0. The molecule has 0 fully saturated rings. The molecule has 0 saturated heterocycles. The van der Waals surface area contributed by atoms with Gasteiger partial charge in [-0.25, -0.2) is 13.5 Å². The quantitative estimate of drug-likeness (QED) is 0.386. The maximum Gasteiger partial charge on any atom is 0.260 e. The molecule has 0 radical (unpaired) electrons. The van der Waals surface area contributed by atoms with Crippen molar-refractivity contribution < 1.29 is 8.78 Å². The van der Waals surface area contributed by atoms with E-state index in [4.69, 9.17) is 12.2 Å². The van der Waals surface area contributed by atoms with Gasteiger partial charge in [0, 0.05) is 0 Å². The number of nitrogens with zero attached hydrogens (tertiary/aromatic N) is 4. The lowest BCUT2D eigenvalue weighted by Gasteiger charge is -2.32. The van der Waals surface area contributed by atoms with Crippen LogP contribution >= 0.6 is 12.2 Å². The molecule has 2 atom stereocenters. The van der Waals surface area contributed by atoms with E-state index in [2.05, 4.69) is 26.7 Å². The Morgan fingerprint density at radius 2 is 1.91 bits per heavy atom. The molecule has 6 nitrogen and oxygen atoms in total. The van der Waals surface area contributed by atoms with E-state index >= 15 is 0 Å². The molecule has 3 heterocycles. The van der Waals surface area contributed by atoms with Gasteiger partial charge in [-0.3, -0.25) is 9.67 Å². The molecular formula is C23H22F2N6S. The molecule has 2 aromatic carbocycles. The Morgan fingerprint density at radius 1 is 1.12 bits per heavy atom. The molecule has 0 aliphatic carbocycles. The first-order valence-corrected chi connectivity index (χ1v) is 10.8. The number of anilines is 1. The van der Waals surface area contributed by atoms with E-state index in [-0.39, 0.29) is 12.5 Å². The summed E-state index contributed by atoms with van der Waals surface area (Å²) >= 11 is 5.52. The minimum Gasteiger partial charge on any atom is -0.363 e. The lowest BCUT2D eigenvalue weighted by Crippen LogP contribution is -2.31. The molecule has 5 rings (SSSR count). The molecule has 2 aromatic heterocycles. The number of nitrogens with one attached hydrogen (secondary N) is 2. The summed E-state index contributed by atoms with van der Waals surface area (Å²) in [5, 5.41) is 15.0. The molecule has 1 aliphatic rings. The van der Waals surface area contributed by atoms with Gasteiger partial charge in [0.25, 0.3) is 6.43 Å². The summed E-state index contributed by atoms with van der Waals surface area (Å²) in [7, 11) is 0. The highest BCUT2D eigenvalue weighted by Gasteiger charge is 2.36. The van der Waals surface area contributed by atoms with Crippen molar-refractivity contribution in [2.45, 2.75) is 38.8 Å². The second-order valence-corrected chi connectivity index (χ2v) is 8.46. The summed E-state index contributed by atoms with van der Waals surface area (Å²) in [5.41, 5.74) is 4.61. The van der Waals surface area contributed by atoms with Crippen molar-refractivity contribution in [3.8, 4) is 17.1 Å². The largest absolute Gasteiger partial charge is 0.363 e. The van der Waals surface area contributed by atoms with Crippen LogP contribution < -0.4 is 5.32 Å². The van der Waals surface area contributed by atoms with Crippen molar-refractivity contribution in [3.05, 3.63) is 76.2 Å². The number of aromatic amines is 1. The third kappa shape index (κ3) is 3.42. The number of aromatic nitrogens is 5. The number of H-pyrrole nitrogens is 1. The fourth-order valence-electron chi connectivity index (χ4n) is 4.36. The zero-order valence-corrected chi connectivity index (χ0v) is 18.4. The summed E-state index contributed by atoms with van der Waals surface area (Å²) in [6.45, 7) is 4.03. The minimum absolute atomic E-state index is 0.236. The number of halogens is 2. The van der Waals surface area contributed by atoms with Crippen molar-refractivity contribution in [2.75, 3.05) is 5.32 Å². The lowest BCUT2D eigenvalue weighted by atomic mass is 9.97. The third-order valence-electron chi connectivity index (χ3n) is 5.90. The van der Waals surface area contributed by atoms with Crippen molar-refractivity contribution in [3.63, 3.8) is 0 Å². The van der Waals surface area contributed by atoms with Gasteiger partial charge < -0.3 is 5.32 Å². The highest BCUT2D eigenvalue weighted by molar-refractivity contribution is 7.71. The number of aryl methyl sites for hydroxylation is 2. The molecule has 0 amide bonds. The van der Waals surface area contributed by atoms with E-state index in [1.165, 1.54) is 4.68 Å². The Balaban J connectivity index is 1.65. The van der Waals surface area contributed by atoms with Crippen molar-refractivity contribution in [1.82, 2.24) is 24.5 Å². The molecule has 1 aliphatic heterocycles. The smallest absolute Gasteiger partial charge is 0.260 e. The van der Waals surface area contributed by atoms with Crippen LogP contribution in [-0.4, -0.2) is 31.0 Å². The van der Waals surface area contributed by atoms with E-state index in [1.807, 2.05) is 60.9 Å². The van der Waals surface area contributed by atoms with Gasteiger partial charge in [0.1, 0.15) is 11.9 Å². The van der Waals surface area contributed by atoms with Gasteiger partial charge in [-0.1, -0.05) is 48.0 Å². The van der Waals surface area contributed by atoms with E-state index < -0.39 is 12.5 Å². The maximum atomic E-state index is 14.0. The van der Waals surface area contributed by atoms with Crippen LogP contribution in [0.3, 0.4) is 0 Å². The van der Waals surface area contributed by atoms with Gasteiger partial charge in [-0.2, -0.15) is 10.2 Å². The zero-order chi connectivity index (χ0) is 22.4. The Hall–Kier alpha value is -3.33. The monoisotopic (exact) mass is 452 g/mol. The van der Waals surface area contributed by atoms with Crippen LogP contribution in [0.2, 0.25) is 0 Å². The molecule has 9 heteroatoms. The van der Waals surface area contributed by atoms with Crippen LogP contribution in [0.1, 0.15) is 35.2 Å². The Morgan fingerprint density at radius 3 is 2.62 bits per heavy atom. The summed E-state index contributed by atoms with van der Waals surface area (Å²) in [6, 6.07) is 14.4. The molecular weight excluding hydrogens is 430 g/mol. The minimum atomic E-state index is -2.55. The predicted molar refractivity (Wildman–Crippen MR) is 122 cm³/mol. The normalized spacial score (nSPS) is 17.9. The molecule has 0 saturated carbocycles. The first-order chi connectivity index (χ1) is 15.4. The van der Waals surface area contributed by atoms with Crippen LogP contribution in [-0.2, 0) is 0 Å². The fraction of sp³-hybridized carbons (Fsp3) is 0.261. The van der Waals surface area contributed by atoms with Gasteiger partial charge >= 0.3 is 0 Å². The maximum absolute atomic E-state index is 14.0. The van der Waals surface area contributed by atoms with Crippen molar-refractivity contribution in [1.29, 1.82) is 0 Å². The van der Waals surface area contributed by atoms with Crippen molar-refractivity contribution >= 4 is 18.0 Å². The number of benzene rings is 2. The van der Waals surface area contributed by atoms with Crippen LogP contribution in [0.15, 0.2) is 54.7 Å². The third-order valence-corrected chi connectivity index (χ3v) is 6.17. The number of rotatable bonds is 4. The van der Waals surface area contributed by atoms with Gasteiger partial charge in [0.05, 0.1) is 23.5 Å². The predicted octanol–water partition coefficient (Wildman–Crippen LogP) is 5.77. The van der Waals surface area contributed by atoms with Crippen LogP contribution in [0, 0.1) is 18.6 Å². The zero-order valence-electron chi connectivity index (χ0n) is 17.6. The van der Waals surface area contributed by atoms with Crippen molar-refractivity contribution in [2.24, 2.45) is 0 Å². The topological polar surface area (TPSA) is 63.5 Å². The summed E-state index contributed by atoms with van der Waals surface area (Å²) in [5.74, 6) is 1.04. The van der Waals surface area contributed by atoms with Crippen LogP contribution in [0.25, 0.3) is 17.1 Å². The fourth-order valence-corrected chi connectivity index (χ4v) is 4.59. The van der Waals surface area contributed by atoms with Crippen LogP contribution in [0.4, 0.5) is 14.6 Å². The average molecular weight is 453 g/mol. The molecule has 32 heavy (non-hydrogen) atoms. The summed E-state index contributed by atoms with van der Waals surface area (Å²) < 4.78 is 31.6. The highest BCUT2D eigenvalue weighted by atomic mass is 32.1. The first-order valence-electron chi connectivity index (χ1n) is 10.4. The molecule has 2 N–H and O–H groups in total. The SMILES string of the molecule is Cc1ccc(-n2c(-c3cnn4c3N[C@H](c3ccccc3)C[C@H]4C(F)F)n[nH]c2=S)c(C)c1. The molecule has 0 bridgehead atoms. The second kappa shape index (κ2) is 7.98. The molecule has 164 valence electrons. The Bertz CT molecular complexity index is 1320. The Kier molecular flexibility index (Phi) is 5.13. The van der Waals surface area contributed by atoms with Gasteiger partial charge in [0.2, 0.25) is 0 Å². The van der Waals surface area contributed by atoms with E-state index in [9.17, 15) is 8.78 Å². The second-order valence-electron chi connectivity index (χ2n) is 8.07. The lowest BCUT2D eigenvalue weighted by molar-refractivity contribution is 0.0659. The van der Waals surface area contributed by atoms with Gasteiger partial charge in [-0.05, 0) is 49.7 Å². The molecule has 4 aromatic rings. The van der Waals surface area contributed by atoms with Gasteiger partial charge in [-0.15, -0.1) is 0 Å². The average Bonchev–Trinajstić information content (AvgIpc) is 3.37. The first kappa shape index (κ1) is 20.6. The Labute approximate surface area is 188 Å². The number of fused-ring (bicyclic) bond motifs is 1. The van der Waals surface area contributed by atoms with Crippen LogP contribution in [0.5, 0.6) is 0 Å². The highest BCUT2D eigenvalue weighted by Crippen LogP contribution is 2.42. The van der Waals surface area contributed by atoms with E-state index in [0.29, 0.717) is 22.0 Å². The summed E-state index contributed by atoms with van der Waals surface area (Å²) in [6.07, 6.45) is -0.731. The van der Waals surface area contributed by atoms with E-state index in [0.717, 1.165) is 22.4 Å². The number of hydrogen-bond acceptors (Lipinski definition) is 4. The standard InChI is InChI=1S/C23H22F2N6S/c1-13-8-9-18(14(2)10-13)30-22(28-29-23(30)32)16-12-26-31-19(20(24)25)11-17(27-21(16)31)15-6-4-3-5-7-15/h3-10,12,17,19-20,27H,11H2,1-2H3,(H,29,32)/t17-,19-/m0/s1. The number of hydrogen-bond donors (Lipinski definition) is 2.